The second-order valence-corrected chi connectivity index (χ2v) is 8.62. The lowest BCUT2D eigenvalue weighted by atomic mass is 10.1. The van der Waals surface area contributed by atoms with E-state index in [2.05, 4.69) is 49.1 Å². The van der Waals surface area contributed by atoms with E-state index in [1.165, 1.54) is 0 Å². The summed E-state index contributed by atoms with van der Waals surface area (Å²) in [5.41, 5.74) is 4.40. The second-order valence-electron chi connectivity index (χ2n) is 8.62. The zero-order chi connectivity index (χ0) is 22.9. The topological polar surface area (TPSA) is 114 Å². The molecular formula is C25H24N8O. The molecule has 0 unspecified atom stereocenters. The number of fused-ring (bicyclic) bond motifs is 2. The number of nitrogens with zero attached hydrogens (tertiary/aromatic N) is 6. The van der Waals surface area contributed by atoms with Crippen molar-refractivity contribution in [3.63, 3.8) is 0 Å². The number of hydrogen-bond donors (Lipinski definition) is 3. The molecule has 170 valence electrons. The highest BCUT2D eigenvalue weighted by atomic mass is 16.3. The van der Waals surface area contributed by atoms with Gasteiger partial charge >= 0.3 is 0 Å². The standard InChI is InChI=1S/C25H24N8O/c34-22-5-1-4-20(22)28-18-10-12-27-24(14-18)29-23-9-8-21-25(30-23)33(32-31-21)15-16-6-7-19-17(13-16)3-2-11-26-19/h2-3,6-14,20,22,34H,1,4-5,15H2,(H2,27,28,29,30)/t20-,22-/m1/s1. The lowest BCUT2D eigenvalue weighted by molar-refractivity contribution is 0.172. The maximum Gasteiger partial charge on any atom is 0.180 e. The summed E-state index contributed by atoms with van der Waals surface area (Å²) in [5.74, 6) is 1.33. The van der Waals surface area contributed by atoms with Crippen LogP contribution in [0.2, 0.25) is 0 Å². The minimum Gasteiger partial charge on any atom is -0.391 e. The number of aromatic nitrogens is 6. The van der Waals surface area contributed by atoms with Crippen LogP contribution in [0.5, 0.6) is 0 Å². The van der Waals surface area contributed by atoms with Gasteiger partial charge in [0.2, 0.25) is 0 Å². The van der Waals surface area contributed by atoms with E-state index < -0.39 is 0 Å². The molecule has 0 saturated heterocycles. The Balaban J connectivity index is 1.23. The maximum atomic E-state index is 10.1. The Morgan fingerprint density at radius 1 is 0.941 bits per heavy atom. The van der Waals surface area contributed by atoms with Crippen LogP contribution in [0.25, 0.3) is 22.1 Å². The Morgan fingerprint density at radius 2 is 1.88 bits per heavy atom. The van der Waals surface area contributed by atoms with Crippen molar-refractivity contribution in [1.82, 2.24) is 29.9 Å². The summed E-state index contributed by atoms with van der Waals surface area (Å²) in [7, 11) is 0. The molecule has 0 radical (unpaired) electrons. The summed E-state index contributed by atoms with van der Waals surface area (Å²) in [6.45, 7) is 0.555. The van der Waals surface area contributed by atoms with Gasteiger partial charge in [-0.05, 0) is 61.2 Å². The summed E-state index contributed by atoms with van der Waals surface area (Å²) in [6.07, 6.45) is 6.08. The van der Waals surface area contributed by atoms with E-state index in [0.29, 0.717) is 23.8 Å². The zero-order valence-electron chi connectivity index (χ0n) is 18.5. The SMILES string of the molecule is O[C@@H]1CCC[C@H]1Nc1ccnc(Nc2ccc3nnn(Cc4ccc5ncccc5c4)c3n2)c1. The van der Waals surface area contributed by atoms with Crippen LogP contribution in [-0.2, 0) is 6.54 Å². The molecule has 34 heavy (non-hydrogen) atoms. The fourth-order valence-electron chi connectivity index (χ4n) is 4.47. The second kappa shape index (κ2) is 8.68. The van der Waals surface area contributed by atoms with Crippen molar-refractivity contribution in [2.24, 2.45) is 0 Å². The van der Waals surface area contributed by atoms with Crippen LogP contribution >= 0.6 is 0 Å². The molecule has 6 rings (SSSR count). The molecule has 2 atom stereocenters. The Labute approximate surface area is 195 Å². The molecular weight excluding hydrogens is 428 g/mol. The third-order valence-electron chi connectivity index (χ3n) is 6.21. The molecule has 9 nitrogen and oxygen atoms in total. The summed E-state index contributed by atoms with van der Waals surface area (Å²) in [5, 5.41) is 26.4. The van der Waals surface area contributed by atoms with E-state index in [4.69, 9.17) is 4.98 Å². The van der Waals surface area contributed by atoms with Crippen molar-refractivity contribution in [2.45, 2.75) is 38.0 Å². The fourth-order valence-corrected chi connectivity index (χ4v) is 4.47. The molecule has 1 saturated carbocycles. The van der Waals surface area contributed by atoms with E-state index in [-0.39, 0.29) is 12.1 Å². The minimum atomic E-state index is -0.305. The van der Waals surface area contributed by atoms with E-state index in [0.717, 1.165) is 46.9 Å². The lowest BCUT2D eigenvalue weighted by Gasteiger charge is -2.18. The number of aliphatic hydroxyl groups excluding tert-OH is 1. The molecule has 4 heterocycles. The summed E-state index contributed by atoms with van der Waals surface area (Å²) >= 11 is 0. The Kier molecular flexibility index (Phi) is 5.23. The largest absolute Gasteiger partial charge is 0.391 e. The van der Waals surface area contributed by atoms with Gasteiger partial charge in [0.05, 0.1) is 24.2 Å². The molecule has 9 heteroatoms. The highest BCUT2D eigenvalue weighted by Gasteiger charge is 2.24. The lowest BCUT2D eigenvalue weighted by Crippen LogP contribution is -2.27. The van der Waals surface area contributed by atoms with Gasteiger partial charge in [-0.25, -0.2) is 14.6 Å². The quantitative estimate of drug-likeness (QED) is 0.356. The summed E-state index contributed by atoms with van der Waals surface area (Å²) in [4.78, 5) is 13.5. The minimum absolute atomic E-state index is 0.0797. The van der Waals surface area contributed by atoms with Crippen LogP contribution in [-0.4, -0.2) is 47.2 Å². The van der Waals surface area contributed by atoms with Crippen LogP contribution in [0.3, 0.4) is 0 Å². The summed E-state index contributed by atoms with van der Waals surface area (Å²) in [6, 6.07) is 17.8. The van der Waals surface area contributed by atoms with Gasteiger partial charge in [0.1, 0.15) is 17.2 Å². The average Bonchev–Trinajstić information content (AvgIpc) is 3.45. The smallest absolute Gasteiger partial charge is 0.180 e. The van der Waals surface area contributed by atoms with Crippen LogP contribution in [0.4, 0.5) is 17.3 Å². The van der Waals surface area contributed by atoms with Gasteiger partial charge in [0.25, 0.3) is 0 Å². The number of hydrogen-bond acceptors (Lipinski definition) is 8. The highest BCUT2D eigenvalue weighted by molar-refractivity contribution is 5.79. The molecule has 4 aromatic heterocycles. The molecule has 1 aromatic carbocycles. The fraction of sp³-hybridized carbons (Fsp3) is 0.240. The van der Waals surface area contributed by atoms with Crippen molar-refractivity contribution >= 4 is 39.4 Å². The van der Waals surface area contributed by atoms with E-state index in [1.54, 1.807) is 17.1 Å². The molecule has 0 amide bonds. The number of anilines is 3. The number of nitrogens with one attached hydrogen (secondary N) is 2. The van der Waals surface area contributed by atoms with Crippen LogP contribution < -0.4 is 10.6 Å². The Morgan fingerprint density at radius 3 is 2.79 bits per heavy atom. The van der Waals surface area contributed by atoms with Crippen molar-refractivity contribution in [2.75, 3.05) is 10.6 Å². The first-order valence-corrected chi connectivity index (χ1v) is 11.4. The van der Waals surface area contributed by atoms with E-state index in [1.807, 2.05) is 36.4 Å². The third kappa shape index (κ3) is 4.13. The van der Waals surface area contributed by atoms with Gasteiger partial charge in [0, 0.05) is 29.5 Å². The van der Waals surface area contributed by atoms with Gasteiger partial charge < -0.3 is 15.7 Å². The van der Waals surface area contributed by atoms with Crippen molar-refractivity contribution in [1.29, 1.82) is 0 Å². The Hall–Kier alpha value is -4.11. The first-order chi connectivity index (χ1) is 16.7. The zero-order valence-corrected chi connectivity index (χ0v) is 18.5. The first kappa shape index (κ1) is 20.5. The Bertz CT molecular complexity index is 1470. The molecule has 0 bridgehead atoms. The third-order valence-corrected chi connectivity index (χ3v) is 6.21. The summed E-state index contributed by atoms with van der Waals surface area (Å²) < 4.78 is 1.80. The van der Waals surface area contributed by atoms with Crippen LogP contribution in [0.15, 0.2) is 67.0 Å². The molecule has 1 fully saturated rings. The monoisotopic (exact) mass is 452 g/mol. The van der Waals surface area contributed by atoms with Crippen molar-refractivity contribution in [3.05, 3.63) is 72.6 Å². The molecule has 5 aromatic rings. The van der Waals surface area contributed by atoms with E-state index >= 15 is 0 Å². The number of benzene rings is 1. The predicted octanol–water partition coefficient (Wildman–Crippen LogP) is 3.89. The van der Waals surface area contributed by atoms with Gasteiger partial charge in [-0.3, -0.25) is 4.98 Å². The normalized spacial score (nSPS) is 17.9. The first-order valence-electron chi connectivity index (χ1n) is 11.4. The average molecular weight is 453 g/mol. The van der Waals surface area contributed by atoms with E-state index in [9.17, 15) is 5.11 Å². The van der Waals surface area contributed by atoms with Gasteiger partial charge in [-0.2, -0.15) is 0 Å². The van der Waals surface area contributed by atoms with Gasteiger partial charge in [-0.1, -0.05) is 17.3 Å². The number of rotatable bonds is 6. The highest BCUT2D eigenvalue weighted by Crippen LogP contribution is 2.25. The molecule has 1 aliphatic rings. The molecule has 0 aliphatic heterocycles. The maximum absolute atomic E-state index is 10.1. The van der Waals surface area contributed by atoms with Crippen molar-refractivity contribution in [3.8, 4) is 0 Å². The van der Waals surface area contributed by atoms with Crippen molar-refractivity contribution < 1.29 is 5.11 Å². The number of pyridine rings is 3. The molecule has 3 N–H and O–H groups in total. The van der Waals surface area contributed by atoms with Gasteiger partial charge in [0.15, 0.2) is 5.65 Å². The van der Waals surface area contributed by atoms with Crippen LogP contribution in [0.1, 0.15) is 24.8 Å². The predicted molar refractivity (Wildman–Crippen MR) is 131 cm³/mol. The van der Waals surface area contributed by atoms with Crippen LogP contribution in [0, 0.1) is 0 Å². The molecule has 0 spiro atoms. The van der Waals surface area contributed by atoms with Gasteiger partial charge in [-0.15, -0.1) is 5.10 Å². The number of aliphatic hydroxyl groups is 1. The molecule has 1 aliphatic carbocycles.